The lowest BCUT2D eigenvalue weighted by Gasteiger charge is -2.05. The summed E-state index contributed by atoms with van der Waals surface area (Å²) in [7, 11) is 1.88. The summed E-state index contributed by atoms with van der Waals surface area (Å²) in [6.45, 7) is 0. The molecule has 0 aliphatic heterocycles. The van der Waals surface area contributed by atoms with Crippen LogP contribution in [0.3, 0.4) is 0 Å². The molecule has 0 radical (unpaired) electrons. The molecule has 0 atom stereocenters. The minimum absolute atomic E-state index is 0.986. The van der Waals surface area contributed by atoms with Crippen LogP contribution in [0.1, 0.15) is 0 Å². The molecule has 3 aromatic rings. The second kappa shape index (κ2) is 3.90. The minimum atomic E-state index is 0.986. The number of benzene rings is 1. The van der Waals surface area contributed by atoms with Gasteiger partial charge in [0.2, 0.25) is 0 Å². The van der Waals surface area contributed by atoms with Crippen molar-refractivity contribution >= 4 is 16.7 Å². The molecule has 1 N–H and O–H groups in total. The molecule has 0 aliphatic carbocycles. The van der Waals surface area contributed by atoms with Gasteiger partial charge in [-0.15, -0.1) is 0 Å². The van der Waals surface area contributed by atoms with Crippen molar-refractivity contribution in [2.24, 2.45) is 0 Å². The Bertz CT molecular complexity index is 657. The van der Waals surface area contributed by atoms with Crippen LogP contribution in [-0.2, 0) is 0 Å². The van der Waals surface area contributed by atoms with Crippen molar-refractivity contribution in [3.8, 4) is 5.69 Å². The van der Waals surface area contributed by atoms with E-state index in [1.54, 1.807) is 6.20 Å². The van der Waals surface area contributed by atoms with Crippen molar-refractivity contribution in [2.75, 3.05) is 12.4 Å². The molecule has 0 saturated carbocycles. The molecular formula is C13H12N4. The number of nitrogens with zero attached hydrogens (tertiary/aromatic N) is 3. The summed E-state index contributed by atoms with van der Waals surface area (Å²) in [5.41, 5.74) is 4.07. The van der Waals surface area contributed by atoms with Crippen LogP contribution in [-0.4, -0.2) is 21.6 Å². The van der Waals surface area contributed by atoms with E-state index >= 15 is 0 Å². The first-order chi connectivity index (χ1) is 8.38. The van der Waals surface area contributed by atoms with E-state index in [-0.39, 0.29) is 0 Å². The zero-order valence-electron chi connectivity index (χ0n) is 9.46. The first-order valence-corrected chi connectivity index (χ1v) is 5.44. The number of hydrogen-bond donors (Lipinski definition) is 1. The van der Waals surface area contributed by atoms with E-state index in [0.29, 0.717) is 0 Å². The van der Waals surface area contributed by atoms with Crippen molar-refractivity contribution in [1.82, 2.24) is 14.5 Å². The predicted molar refractivity (Wildman–Crippen MR) is 68.4 cm³/mol. The monoisotopic (exact) mass is 224 g/mol. The van der Waals surface area contributed by atoms with E-state index in [1.807, 2.05) is 54.5 Å². The highest BCUT2D eigenvalue weighted by molar-refractivity contribution is 5.77. The summed E-state index contributed by atoms with van der Waals surface area (Å²) in [4.78, 5) is 8.57. The molecular weight excluding hydrogens is 212 g/mol. The second-order valence-corrected chi connectivity index (χ2v) is 3.79. The van der Waals surface area contributed by atoms with E-state index in [2.05, 4.69) is 15.3 Å². The standard InChI is InChI=1S/C13H12N4/c1-14-10-6-11(8-15-7-10)17-9-16-12-4-2-3-5-13(12)17/h2-9,14H,1H3. The molecule has 0 bridgehead atoms. The van der Waals surface area contributed by atoms with Gasteiger partial charge in [0.25, 0.3) is 0 Å². The van der Waals surface area contributed by atoms with Crippen LogP contribution in [0.15, 0.2) is 49.1 Å². The lowest BCUT2D eigenvalue weighted by molar-refractivity contribution is 1.07. The number of imidazole rings is 1. The summed E-state index contributed by atoms with van der Waals surface area (Å²) < 4.78 is 2.03. The van der Waals surface area contributed by atoms with Gasteiger partial charge >= 0.3 is 0 Å². The van der Waals surface area contributed by atoms with E-state index < -0.39 is 0 Å². The van der Waals surface area contributed by atoms with E-state index in [4.69, 9.17) is 0 Å². The van der Waals surface area contributed by atoms with Crippen LogP contribution in [0.2, 0.25) is 0 Å². The van der Waals surface area contributed by atoms with Crippen molar-refractivity contribution in [3.63, 3.8) is 0 Å². The van der Waals surface area contributed by atoms with Crippen LogP contribution in [0.4, 0.5) is 5.69 Å². The maximum absolute atomic E-state index is 4.37. The molecule has 0 unspecified atom stereocenters. The Morgan fingerprint density at radius 2 is 2.06 bits per heavy atom. The molecule has 17 heavy (non-hydrogen) atoms. The fourth-order valence-corrected chi connectivity index (χ4v) is 1.86. The number of aromatic nitrogens is 3. The first-order valence-electron chi connectivity index (χ1n) is 5.44. The van der Waals surface area contributed by atoms with Gasteiger partial charge in [-0.05, 0) is 18.2 Å². The minimum Gasteiger partial charge on any atom is -0.387 e. The molecule has 0 fully saturated rings. The molecule has 84 valence electrons. The SMILES string of the molecule is CNc1cncc(-n2cnc3ccccc32)c1. The molecule has 2 aromatic heterocycles. The van der Waals surface area contributed by atoms with Crippen molar-refractivity contribution in [1.29, 1.82) is 0 Å². The number of para-hydroxylation sites is 2. The van der Waals surface area contributed by atoms with Gasteiger partial charge in [-0.3, -0.25) is 9.55 Å². The average Bonchev–Trinajstić information content (AvgIpc) is 2.82. The maximum atomic E-state index is 4.37. The quantitative estimate of drug-likeness (QED) is 0.727. The third-order valence-electron chi connectivity index (χ3n) is 2.74. The Balaban J connectivity index is 2.20. The van der Waals surface area contributed by atoms with Crippen molar-refractivity contribution in [3.05, 3.63) is 49.1 Å². The number of nitrogens with one attached hydrogen (secondary N) is 1. The highest BCUT2D eigenvalue weighted by Crippen LogP contribution is 2.18. The predicted octanol–water partition coefficient (Wildman–Crippen LogP) is 2.46. The first kappa shape index (κ1) is 9.84. The van der Waals surface area contributed by atoms with Gasteiger partial charge in [-0.2, -0.15) is 0 Å². The summed E-state index contributed by atoms with van der Waals surface area (Å²) in [6.07, 6.45) is 5.44. The number of pyridine rings is 1. The highest BCUT2D eigenvalue weighted by Gasteiger charge is 2.04. The van der Waals surface area contributed by atoms with Crippen LogP contribution in [0.25, 0.3) is 16.7 Å². The van der Waals surface area contributed by atoms with Gasteiger partial charge in [0, 0.05) is 7.05 Å². The van der Waals surface area contributed by atoms with Gasteiger partial charge in [-0.1, -0.05) is 12.1 Å². The highest BCUT2D eigenvalue weighted by atomic mass is 15.1. The molecule has 0 amide bonds. The van der Waals surface area contributed by atoms with Gasteiger partial charge in [0.05, 0.1) is 34.8 Å². The zero-order valence-corrected chi connectivity index (χ0v) is 9.46. The van der Waals surface area contributed by atoms with E-state index in [9.17, 15) is 0 Å². The Labute approximate surface area is 98.9 Å². The Morgan fingerprint density at radius 3 is 2.94 bits per heavy atom. The van der Waals surface area contributed by atoms with E-state index in [1.165, 1.54) is 0 Å². The normalized spacial score (nSPS) is 10.6. The van der Waals surface area contributed by atoms with Crippen molar-refractivity contribution in [2.45, 2.75) is 0 Å². The van der Waals surface area contributed by atoms with Crippen LogP contribution in [0.5, 0.6) is 0 Å². The molecule has 0 aliphatic rings. The summed E-state index contributed by atoms with van der Waals surface area (Å²) in [5, 5.41) is 3.08. The maximum Gasteiger partial charge on any atom is 0.100 e. The topological polar surface area (TPSA) is 42.7 Å². The van der Waals surface area contributed by atoms with Crippen molar-refractivity contribution < 1.29 is 0 Å². The fraction of sp³-hybridized carbons (Fsp3) is 0.0769. The van der Waals surface area contributed by atoms with Gasteiger partial charge in [-0.25, -0.2) is 4.98 Å². The second-order valence-electron chi connectivity index (χ2n) is 3.79. The summed E-state index contributed by atoms with van der Waals surface area (Å²) in [5.74, 6) is 0. The average molecular weight is 224 g/mol. The molecule has 4 heteroatoms. The lowest BCUT2D eigenvalue weighted by atomic mass is 10.3. The third-order valence-corrected chi connectivity index (χ3v) is 2.74. The number of anilines is 1. The summed E-state index contributed by atoms with van der Waals surface area (Å²) >= 11 is 0. The molecule has 3 rings (SSSR count). The smallest absolute Gasteiger partial charge is 0.100 e. The number of rotatable bonds is 2. The number of fused-ring (bicyclic) bond motifs is 1. The van der Waals surface area contributed by atoms with E-state index in [0.717, 1.165) is 22.4 Å². The fourth-order valence-electron chi connectivity index (χ4n) is 1.86. The van der Waals surface area contributed by atoms with Gasteiger partial charge < -0.3 is 5.32 Å². The van der Waals surface area contributed by atoms with Crippen LogP contribution in [0, 0.1) is 0 Å². The number of hydrogen-bond acceptors (Lipinski definition) is 3. The Morgan fingerprint density at radius 1 is 1.18 bits per heavy atom. The lowest BCUT2D eigenvalue weighted by Crippen LogP contribution is -1.95. The molecule has 4 nitrogen and oxygen atoms in total. The summed E-state index contributed by atoms with van der Waals surface area (Å²) in [6, 6.07) is 10.1. The Hall–Kier alpha value is -2.36. The zero-order chi connectivity index (χ0) is 11.7. The molecule has 1 aromatic carbocycles. The third kappa shape index (κ3) is 1.63. The molecule has 0 spiro atoms. The van der Waals surface area contributed by atoms with Gasteiger partial charge in [0.1, 0.15) is 6.33 Å². The van der Waals surface area contributed by atoms with Crippen LogP contribution < -0.4 is 5.32 Å². The van der Waals surface area contributed by atoms with Gasteiger partial charge in [0.15, 0.2) is 0 Å². The largest absolute Gasteiger partial charge is 0.387 e. The Kier molecular flexibility index (Phi) is 2.26. The van der Waals surface area contributed by atoms with Crippen LogP contribution >= 0.6 is 0 Å². The molecule has 0 saturated heterocycles. The molecule has 2 heterocycles.